The Hall–Kier alpha value is -6.93. The second kappa shape index (κ2) is 57.2. The quantitative estimate of drug-likeness (QED) is 0.00639. The molecular weight excluding hydrogens is 1760 g/mol. The van der Waals surface area contributed by atoms with E-state index in [4.69, 9.17) is 149 Å². The number of ketones is 4. The Labute approximate surface area is 706 Å². The van der Waals surface area contributed by atoms with Crippen LogP contribution in [0.25, 0.3) is 22.3 Å². The molecule has 1 aliphatic rings. The Kier molecular flexibility index (Phi) is 54.6. The van der Waals surface area contributed by atoms with Gasteiger partial charge in [0.25, 0.3) is 34.4 Å². The molecule has 1 saturated carbocycles. The van der Waals surface area contributed by atoms with Crippen molar-refractivity contribution in [2.24, 2.45) is 0 Å². The number of aromatic nitrogens is 5. The van der Waals surface area contributed by atoms with Crippen molar-refractivity contribution in [1.29, 1.82) is 0 Å². The summed E-state index contributed by atoms with van der Waals surface area (Å²) in [6, 6.07) is 14.9. The zero-order valence-corrected chi connectivity index (χ0v) is 69.7. The van der Waals surface area contributed by atoms with E-state index in [1.54, 1.807) is 71.1 Å². The van der Waals surface area contributed by atoms with E-state index in [-0.39, 0.29) is 139 Å². The number of oxazole rings is 4. The van der Waals surface area contributed by atoms with Crippen molar-refractivity contribution in [2.75, 3.05) is 96.8 Å². The van der Waals surface area contributed by atoms with Crippen LogP contribution in [0, 0.1) is 0 Å². The first-order chi connectivity index (χ1) is 51.2. The normalized spacial score (nSPS) is 10.5. The summed E-state index contributed by atoms with van der Waals surface area (Å²) in [6.07, 6.45) is 8.59. The molecule has 8 N–H and O–H groups in total. The molecule has 0 bridgehead atoms. The first-order valence-electron chi connectivity index (χ1n) is 30.5. The number of alkyl halides is 1. The standard InChI is InChI=1S/C18H18ClN3O4.C16H15Cl2NO5.C11H14ClNO3.C8H8ClNO2.C5H6ClNO.C4H2ClNO3.C3H7BrO.CO2.CH4.Cl3OP.Li.H2O/c1-24-6-7-25-15-5-4-11-14(23)8-12(21-17(11)16(15)19)13-9-26-18(22-13)20-10-2-3-10;1-9(20)10-3-4-14(23-6-5-22-2)15(17)11(10)7-13(21)12-8-24-16(18)19-12;1-7(14)8-3-4-9(10(12)11(8)13)16-6-5-15-2;1-4(11)5-2-3-6(12)7(9)8(5)10;1-2-4-3-8-5(6)7-4;5-4-6-3(1-8-4)9-2-7;1-5-3-2-4;2-1-3;;1-5(2,3)4;;/h4-5,8-10H,2-3,6-7H2,1H3,(H,20,22)(H,21,23);3-4,8H,5-7H2,1-2H3;3-4H,5-6,13H2,1-2H3;2-3,12H,10H2,1H3;3H,2H2,1H3;1-2H;2-3H2,1H3;;1H4;;;1H2/q;;;;;;;;;;+1;/p-1. The van der Waals surface area contributed by atoms with Gasteiger partial charge < -0.3 is 87.9 Å². The summed E-state index contributed by atoms with van der Waals surface area (Å²) in [5.41, 5.74) is 15.4. The fraction of sp³-hybridized carbons (Fsp3) is 0.328. The van der Waals surface area contributed by atoms with Gasteiger partial charge in [0.15, 0.2) is 34.8 Å². The number of aromatic hydroxyl groups is 1. The zero-order valence-electron chi connectivity index (χ0n) is 59.7. The number of aromatic amines is 1. The Morgan fingerprint density at radius 1 is 0.658 bits per heavy atom. The van der Waals surface area contributed by atoms with Crippen molar-refractivity contribution >= 4 is 200 Å². The molecule has 44 heteroatoms. The second-order valence-corrected chi connectivity index (χ2v) is 30.4. The van der Waals surface area contributed by atoms with Gasteiger partial charge in [-0.05, 0) is 163 Å². The molecule has 0 atom stereocenters. The number of methoxy groups -OCH3 is 4. The minimum atomic E-state index is -3.22. The van der Waals surface area contributed by atoms with E-state index in [2.05, 4.69) is 93.8 Å². The number of halogens is 11. The summed E-state index contributed by atoms with van der Waals surface area (Å²) >= 11 is 57.5. The number of nitrogens with two attached hydrogens (primary N) is 2. The predicted molar refractivity (Wildman–Crippen MR) is 422 cm³/mol. The van der Waals surface area contributed by atoms with Crippen molar-refractivity contribution in [1.82, 2.24) is 24.9 Å². The molecule has 0 radical (unpaired) electrons. The SMILES string of the molecule is C.CC(=O)c1ccc(O)c(Cl)c1N.CCc1coc(Cl)n1.COCCBr.COCCOc1ccc(C(C)=O)c(CC(=O)c2coc(Cl)n2)c1Cl.COCCOc1ccc(C(C)=O)c(N)c1Cl.COCCOc1ccc2c(=O)cc(-c3coc(NC4CC4)n3)[nH]c2c1Cl.O=C=O.O=COc1coc(Cl)n1.O=P(Cl)(Cl)Cl.[Li+].[OH-]. The van der Waals surface area contributed by atoms with E-state index in [0.29, 0.717) is 119 Å². The second-order valence-electron chi connectivity index (χ2n) is 20.4. The Morgan fingerprint density at radius 2 is 1.12 bits per heavy atom. The molecule has 9 aromatic rings. The van der Waals surface area contributed by atoms with E-state index >= 15 is 0 Å². The fourth-order valence-electron chi connectivity index (χ4n) is 7.67. The van der Waals surface area contributed by atoms with Crippen LogP contribution in [0.1, 0.15) is 101 Å². The van der Waals surface area contributed by atoms with Gasteiger partial charge >= 0.3 is 30.2 Å². The number of benzene rings is 4. The maximum atomic E-state index is 12.5. The van der Waals surface area contributed by atoms with Gasteiger partial charge in [-0.25, -0.2) is 4.98 Å². The van der Waals surface area contributed by atoms with Crippen molar-refractivity contribution < 1.29 is 123 Å². The Balaban J connectivity index is 0. The molecule has 111 heavy (non-hydrogen) atoms. The average molecular weight is 1830 g/mol. The van der Waals surface area contributed by atoms with Gasteiger partial charge in [0.2, 0.25) is 0 Å². The summed E-state index contributed by atoms with van der Waals surface area (Å²) in [6.45, 7) is 9.61. The Morgan fingerprint density at radius 3 is 1.54 bits per heavy atom. The number of anilines is 3. The van der Waals surface area contributed by atoms with Crippen LogP contribution in [0.2, 0.25) is 36.1 Å². The van der Waals surface area contributed by atoms with Gasteiger partial charge in [0.05, 0.1) is 59.7 Å². The molecule has 604 valence electrons. The van der Waals surface area contributed by atoms with Crippen LogP contribution in [-0.4, -0.2) is 157 Å². The number of nitrogens with one attached hydrogen (secondary N) is 2. The molecule has 0 amide bonds. The van der Waals surface area contributed by atoms with E-state index in [0.717, 1.165) is 49.4 Å². The molecule has 0 unspecified atom stereocenters. The van der Waals surface area contributed by atoms with Crippen LogP contribution in [0.5, 0.6) is 28.9 Å². The first kappa shape index (κ1) is 106. The van der Waals surface area contributed by atoms with Gasteiger partial charge in [-0.3, -0.25) is 33.3 Å². The summed E-state index contributed by atoms with van der Waals surface area (Å²) in [4.78, 5) is 103. The molecule has 10 rings (SSSR count). The molecule has 5 aromatic heterocycles. The van der Waals surface area contributed by atoms with E-state index in [1.165, 1.54) is 45.2 Å². The van der Waals surface area contributed by atoms with Gasteiger partial charge in [0.1, 0.15) is 88.1 Å². The molecule has 0 aliphatic heterocycles. The number of carbonyl (C=O) groups is 5. The minimum absolute atomic E-state index is 0. The van der Waals surface area contributed by atoms with Gasteiger partial charge in [-0.1, -0.05) is 76.7 Å². The molecule has 5 heterocycles. The van der Waals surface area contributed by atoms with Crippen LogP contribution >= 0.6 is 136 Å². The number of nitrogen functional groups attached to an aromatic ring is 2. The fourth-order valence-corrected chi connectivity index (χ4v) is 9.35. The summed E-state index contributed by atoms with van der Waals surface area (Å²) in [5.74, 6) is 0.401. The largest absolute Gasteiger partial charge is 1.00 e. The average Bonchev–Trinajstić information content (AvgIpc) is 1.71. The van der Waals surface area contributed by atoms with Crippen molar-refractivity contribution in [3.63, 3.8) is 0 Å². The smallest absolute Gasteiger partial charge is 0.870 e. The summed E-state index contributed by atoms with van der Waals surface area (Å²) in [7, 11) is 6.41. The summed E-state index contributed by atoms with van der Waals surface area (Å²) in [5, 5.41) is 11.4. The van der Waals surface area contributed by atoms with Crippen molar-refractivity contribution in [3.8, 4) is 40.3 Å². The third-order valence-corrected chi connectivity index (χ3v) is 15.2. The number of hydrogen-bond acceptors (Lipinski definition) is 30. The molecule has 0 spiro atoms. The number of hydrogen-bond donors (Lipinski definition) is 5. The molecule has 0 saturated heterocycles. The van der Waals surface area contributed by atoms with Crippen molar-refractivity contribution in [3.05, 3.63) is 160 Å². The van der Waals surface area contributed by atoms with Crippen LogP contribution in [-0.2, 0) is 50.7 Å². The molecule has 1 aliphatic carbocycles. The van der Waals surface area contributed by atoms with E-state index in [9.17, 15) is 33.3 Å². The maximum Gasteiger partial charge on any atom is 1.00 e. The number of Topliss-reactive ketones (excluding diaryl/α,β-unsaturated/α-hetero) is 4. The number of phenols is 1. The third kappa shape index (κ3) is 40.1. The van der Waals surface area contributed by atoms with Crippen LogP contribution in [0.4, 0.5) is 17.4 Å². The van der Waals surface area contributed by atoms with Gasteiger partial charge in [-0.15, -0.1) is 0 Å². The number of fused-ring (bicyclic) bond motifs is 1. The molecule has 1 fully saturated rings. The number of phenolic OH excluding ortho intramolecular Hbond substituents is 1. The van der Waals surface area contributed by atoms with Crippen LogP contribution < -0.4 is 60.0 Å². The third-order valence-electron chi connectivity index (χ3n) is 12.8. The predicted octanol–water partition coefficient (Wildman–Crippen LogP) is 14.5. The molecule has 31 nitrogen and oxygen atoms in total. The molecular formula is C67H75BrCl10LiN8O23P. The topological polar surface area (TPSA) is 462 Å². The number of aryl methyl sites for hydroxylation is 1. The van der Waals surface area contributed by atoms with Crippen LogP contribution in [0.15, 0.2) is 102 Å². The Bertz CT molecular complexity index is 4490. The monoisotopic (exact) mass is 1830 g/mol. The zero-order chi connectivity index (χ0) is 81.2. The first-order valence-corrected chi connectivity index (χ1v) is 38.7. The van der Waals surface area contributed by atoms with Gasteiger partial charge in [0, 0.05) is 74.4 Å². The molecule has 4 aromatic carbocycles. The number of nitrogens with zero attached hydrogens (tertiary/aromatic N) is 4. The van der Waals surface area contributed by atoms with Crippen LogP contribution in [0.3, 0.4) is 0 Å². The minimum Gasteiger partial charge on any atom is -0.870 e. The number of carbonyl (C=O) groups excluding carboxylic acids is 7. The van der Waals surface area contributed by atoms with E-state index in [1.807, 2.05) is 6.92 Å². The number of rotatable bonds is 26. The van der Waals surface area contributed by atoms with E-state index < -0.39 is 5.20 Å². The number of ether oxygens (including phenoxy) is 8. The number of H-pyrrole nitrogens is 1. The number of pyridine rings is 1. The van der Waals surface area contributed by atoms with Crippen molar-refractivity contribution in [2.45, 2.75) is 66.8 Å². The maximum absolute atomic E-state index is 12.5. The van der Waals surface area contributed by atoms with Gasteiger partial charge in [-0.2, -0.15) is 24.5 Å². The summed E-state index contributed by atoms with van der Waals surface area (Å²) < 4.78 is 69.0.